The second kappa shape index (κ2) is 5.48. The quantitative estimate of drug-likeness (QED) is 0.846. The van der Waals surface area contributed by atoms with Gasteiger partial charge in [0.1, 0.15) is 6.54 Å². The molecule has 0 aromatic carbocycles. The zero-order valence-corrected chi connectivity index (χ0v) is 11.0. The lowest BCUT2D eigenvalue weighted by molar-refractivity contribution is -0.134. The van der Waals surface area contributed by atoms with E-state index in [1.165, 1.54) is 0 Å². The minimum Gasteiger partial charge on any atom is -0.335 e. The molecule has 2 unspecified atom stereocenters. The molecule has 2 heterocycles. The maximum atomic E-state index is 12.3. The summed E-state index contributed by atoms with van der Waals surface area (Å²) in [6, 6.07) is 0.713. The standard InChI is InChI=1S/C12H21N5O/c1-3-11-5-4-9(2)17(11)12(18)8-16-7-10(6-13)14-15-16/h7,9,11H,3-6,8,13H2,1-2H3. The fourth-order valence-corrected chi connectivity index (χ4v) is 2.65. The number of nitrogens with two attached hydrogens (primary N) is 1. The molecule has 2 rings (SSSR count). The second-order valence-corrected chi connectivity index (χ2v) is 4.90. The molecule has 18 heavy (non-hydrogen) atoms. The van der Waals surface area contributed by atoms with Crippen molar-refractivity contribution < 1.29 is 4.79 Å². The van der Waals surface area contributed by atoms with Gasteiger partial charge in [0.25, 0.3) is 0 Å². The van der Waals surface area contributed by atoms with Gasteiger partial charge in [-0.05, 0) is 26.2 Å². The van der Waals surface area contributed by atoms with Crippen LogP contribution in [0.4, 0.5) is 0 Å². The highest BCUT2D eigenvalue weighted by Crippen LogP contribution is 2.26. The second-order valence-electron chi connectivity index (χ2n) is 4.90. The summed E-state index contributed by atoms with van der Waals surface area (Å²) in [5, 5.41) is 7.80. The van der Waals surface area contributed by atoms with Gasteiger partial charge < -0.3 is 10.6 Å². The summed E-state index contributed by atoms with van der Waals surface area (Å²) in [5.74, 6) is 0.125. The van der Waals surface area contributed by atoms with E-state index in [-0.39, 0.29) is 12.5 Å². The van der Waals surface area contributed by atoms with Gasteiger partial charge in [0, 0.05) is 18.6 Å². The number of amides is 1. The molecule has 0 aliphatic carbocycles. The summed E-state index contributed by atoms with van der Waals surface area (Å²) in [4.78, 5) is 14.3. The van der Waals surface area contributed by atoms with Crippen LogP contribution in [0.2, 0.25) is 0 Å². The molecule has 1 aromatic heterocycles. The molecule has 6 heteroatoms. The molecule has 100 valence electrons. The Morgan fingerprint density at radius 1 is 1.56 bits per heavy atom. The monoisotopic (exact) mass is 251 g/mol. The first kappa shape index (κ1) is 13.0. The number of rotatable bonds is 4. The van der Waals surface area contributed by atoms with Crippen LogP contribution in [-0.2, 0) is 17.9 Å². The van der Waals surface area contributed by atoms with Crippen molar-refractivity contribution in [3.63, 3.8) is 0 Å². The lowest BCUT2D eigenvalue weighted by Crippen LogP contribution is -2.41. The van der Waals surface area contributed by atoms with Crippen molar-refractivity contribution in [2.24, 2.45) is 5.73 Å². The third-order valence-electron chi connectivity index (χ3n) is 3.64. The van der Waals surface area contributed by atoms with Crippen LogP contribution >= 0.6 is 0 Å². The zero-order valence-electron chi connectivity index (χ0n) is 11.0. The number of carbonyl (C=O) groups is 1. The van der Waals surface area contributed by atoms with Crippen molar-refractivity contribution in [2.45, 2.75) is 58.3 Å². The average molecular weight is 251 g/mol. The van der Waals surface area contributed by atoms with E-state index in [1.54, 1.807) is 10.9 Å². The molecule has 1 aromatic rings. The smallest absolute Gasteiger partial charge is 0.244 e. The third-order valence-corrected chi connectivity index (χ3v) is 3.64. The van der Waals surface area contributed by atoms with E-state index in [1.807, 2.05) is 4.90 Å². The lowest BCUT2D eigenvalue weighted by Gasteiger charge is -2.27. The number of hydrogen-bond donors (Lipinski definition) is 1. The van der Waals surface area contributed by atoms with Crippen LogP contribution in [0, 0.1) is 0 Å². The molecule has 2 N–H and O–H groups in total. The molecular formula is C12H21N5O. The van der Waals surface area contributed by atoms with Crippen molar-refractivity contribution in [2.75, 3.05) is 0 Å². The third kappa shape index (κ3) is 2.53. The van der Waals surface area contributed by atoms with Crippen LogP contribution in [0.25, 0.3) is 0 Å². The van der Waals surface area contributed by atoms with E-state index in [0.29, 0.717) is 24.3 Å². The lowest BCUT2D eigenvalue weighted by atomic mass is 10.1. The number of carbonyl (C=O) groups excluding carboxylic acids is 1. The number of hydrogen-bond acceptors (Lipinski definition) is 4. The fraction of sp³-hybridized carbons (Fsp3) is 0.750. The largest absolute Gasteiger partial charge is 0.335 e. The SMILES string of the molecule is CCC1CCC(C)N1C(=O)Cn1cc(CN)nn1. The van der Waals surface area contributed by atoms with Crippen LogP contribution in [0.3, 0.4) is 0 Å². The van der Waals surface area contributed by atoms with Crippen LogP contribution in [0.5, 0.6) is 0 Å². The van der Waals surface area contributed by atoms with Gasteiger partial charge in [0.15, 0.2) is 0 Å². The van der Waals surface area contributed by atoms with Gasteiger partial charge in [0.05, 0.1) is 11.9 Å². The van der Waals surface area contributed by atoms with Crippen LogP contribution in [-0.4, -0.2) is 37.9 Å². The summed E-state index contributed by atoms with van der Waals surface area (Å²) < 4.78 is 1.57. The first-order chi connectivity index (χ1) is 8.65. The Morgan fingerprint density at radius 2 is 2.33 bits per heavy atom. The van der Waals surface area contributed by atoms with Gasteiger partial charge in [-0.25, -0.2) is 4.68 Å². The Balaban J connectivity index is 2.02. The number of aromatic nitrogens is 3. The zero-order chi connectivity index (χ0) is 13.1. The maximum Gasteiger partial charge on any atom is 0.244 e. The molecule has 0 saturated carbocycles. The molecule has 0 bridgehead atoms. The molecule has 1 saturated heterocycles. The minimum absolute atomic E-state index is 0.125. The first-order valence-corrected chi connectivity index (χ1v) is 6.56. The van der Waals surface area contributed by atoms with Gasteiger partial charge in [0.2, 0.25) is 5.91 Å². The average Bonchev–Trinajstić information content (AvgIpc) is 2.95. The van der Waals surface area contributed by atoms with Crippen LogP contribution in [0.15, 0.2) is 6.20 Å². The summed E-state index contributed by atoms with van der Waals surface area (Å²) in [6.07, 6.45) is 4.95. The molecule has 1 aliphatic rings. The van der Waals surface area contributed by atoms with E-state index < -0.39 is 0 Å². The summed E-state index contributed by atoms with van der Waals surface area (Å²) in [5.41, 5.74) is 6.18. The predicted molar refractivity (Wildman–Crippen MR) is 67.5 cm³/mol. The molecule has 0 radical (unpaired) electrons. The van der Waals surface area contributed by atoms with Crippen LogP contribution in [0.1, 0.15) is 38.8 Å². The number of nitrogens with zero attached hydrogens (tertiary/aromatic N) is 4. The Morgan fingerprint density at radius 3 is 2.94 bits per heavy atom. The van der Waals surface area contributed by atoms with Crippen molar-refractivity contribution in [3.8, 4) is 0 Å². The Hall–Kier alpha value is -1.43. The van der Waals surface area contributed by atoms with E-state index in [0.717, 1.165) is 19.3 Å². The summed E-state index contributed by atoms with van der Waals surface area (Å²) in [6.45, 7) is 4.85. The maximum absolute atomic E-state index is 12.3. The Kier molecular flexibility index (Phi) is 3.96. The molecule has 2 atom stereocenters. The molecule has 0 spiro atoms. The highest BCUT2D eigenvalue weighted by molar-refractivity contribution is 5.76. The van der Waals surface area contributed by atoms with Crippen molar-refractivity contribution in [1.29, 1.82) is 0 Å². The van der Waals surface area contributed by atoms with Crippen molar-refractivity contribution in [3.05, 3.63) is 11.9 Å². The van der Waals surface area contributed by atoms with Gasteiger partial charge in [-0.15, -0.1) is 5.10 Å². The highest BCUT2D eigenvalue weighted by atomic mass is 16.2. The number of likely N-dealkylation sites (tertiary alicyclic amines) is 1. The highest BCUT2D eigenvalue weighted by Gasteiger charge is 2.32. The molecule has 1 aliphatic heterocycles. The fourth-order valence-electron chi connectivity index (χ4n) is 2.65. The van der Waals surface area contributed by atoms with Gasteiger partial charge in [-0.3, -0.25) is 4.79 Å². The van der Waals surface area contributed by atoms with E-state index in [2.05, 4.69) is 24.2 Å². The van der Waals surface area contributed by atoms with E-state index >= 15 is 0 Å². The summed E-state index contributed by atoms with van der Waals surface area (Å²) >= 11 is 0. The van der Waals surface area contributed by atoms with E-state index in [9.17, 15) is 4.79 Å². The molecular weight excluding hydrogens is 230 g/mol. The van der Waals surface area contributed by atoms with Crippen molar-refractivity contribution in [1.82, 2.24) is 19.9 Å². The topological polar surface area (TPSA) is 77.0 Å². The molecule has 6 nitrogen and oxygen atoms in total. The molecule has 1 fully saturated rings. The van der Waals surface area contributed by atoms with E-state index in [4.69, 9.17) is 5.73 Å². The Labute approximate surface area is 107 Å². The normalized spacial score (nSPS) is 23.6. The Bertz CT molecular complexity index is 416. The van der Waals surface area contributed by atoms with Crippen LogP contribution < -0.4 is 5.73 Å². The summed E-state index contributed by atoms with van der Waals surface area (Å²) in [7, 11) is 0. The minimum atomic E-state index is 0.125. The molecule has 1 amide bonds. The van der Waals surface area contributed by atoms with Crippen molar-refractivity contribution >= 4 is 5.91 Å². The predicted octanol–water partition coefficient (Wildman–Crippen LogP) is 0.526. The van der Waals surface area contributed by atoms with Gasteiger partial charge in [-0.2, -0.15) is 0 Å². The van der Waals surface area contributed by atoms with Gasteiger partial charge in [-0.1, -0.05) is 12.1 Å². The van der Waals surface area contributed by atoms with Gasteiger partial charge >= 0.3 is 0 Å². The first-order valence-electron chi connectivity index (χ1n) is 6.56.